The van der Waals surface area contributed by atoms with E-state index in [2.05, 4.69) is 13.8 Å². The molecule has 2 fully saturated rings. The zero-order valence-electron chi connectivity index (χ0n) is 16.1. The minimum Gasteiger partial charge on any atom is -0.484 e. The third-order valence-electron chi connectivity index (χ3n) is 5.46. The van der Waals surface area contributed by atoms with E-state index >= 15 is 0 Å². The summed E-state index contributed by atoms with van der Waals surface area (Å²) in [4.78, 5) is 28.6. The Morgan fingerprint density at radius 2 is 1.74 bits per heavy atom. The largest absolute Gasteiger partial charge is 0.484 e. The van der Waals surface area contributed by atoms with E-state index in [-0.39, 0.29) is 49.0 Å². The van der Waals surface area contributed by atoms with E-state index in [0.717, 1.165) is 19.3 Å². The van der Waals surface area contributed by atoms with Gasteiger partial charge in [0.25, 0.3) is 11.8 Å². The molecule has 0 bridgehead atoms. The first-order valence-electron chi connectivity index (χ1n) is 9.54. The number of likely N-dealkylation sites (tertiary alicyclic amines) is 2. The van der Waals surface area contributed by atoms with Crippen LogP contribution >= 0.6 is 12.4 Å². The molecule has 3 rings (SSSR count). The second-order valence-corrected chi connectivity index (χ2v) is 7.54. The number of amides is 2. The number of carbonyl (C=O) groups excluding carboxylic acids is 2. The zero-order chi connectivity index (χ0) is 18.7. The maximum Gasteiger partial charge on any atom is 0.260 e. The maximum absolute atomic E-state index is 12.5. The topological polar surface area (TPSA) is 75.9 Å². The van der Waals surface area contributed by atoms with Crippen molar-refractivity contribution >= 4 is 24.2 Å². The maximum atomic E-state index is 12.5. The van der Waals surface area contributed by atoms with Crippen molar-refractivity contribution < 1.29 is 14.3 Å². The molecule has 1 aromatic carbocycles. The Bertz CT molecular complexity index is 642. The quantitative estimate of drug-likeness (QED) is 0.849. The van der Waals surface area contributed by atoms with Gasteiger partial charge in [-0.3, -0.25) is 9.59 Å². The van der Waals surface area contributed by atoms with Crippen LogP contribution in [0.5, 0.6) is 5.75 Å². The number of piperidine rings is 1. The fourth-order valence-electron chi connectivity index (χ4n) is 3.98. The van der Waals surface area contributed by atoms with E-state index in [1.807, 2.05) is 4.90 Å². The molecule has 7 heteroatoms. The summed E-state index contributed by atoms with van der Waals surface area (Å²) in [6.45, 7) is 5.54. The molecule has 27 heavy (non-hydrogen) atoms. The molecule has 0 saturated carbocycles. The van der Waals surface area contributed by atoms with E-state index in [9.17, 15) is 9.59 Å². The third kappa shape index (κ3) is 5.14. The summed E-state index contributed by atoms with van der Waals surface area (Å²) < 4.78 is 5.66. The highest BCUT2D eigenvalue weighted by Gasteiger charge is 2.29. The van der Waals surface area contributed by atoms with Gasteiger partial charge in [-0.05, 0) is 63.8 Å². The number of carbonyl (C=O) groups is 2. The molecule has 2 saturated heterocycles. The Kier molecular flexibility index (Phi) is 7.50. The number of hydrogen-bond donors (Lipinski definition) is 1. The second kappa shape index (κ2) is 9.42. The van der Waals surface area contributed by atoms with Crippen LogP contribution in [-0.2, 0) is 4.79 Å². The summed E-state index contributed by atoms with van der Waals surface area (Å²) in [5.41, 5.74) is 6.49. The highest BCUT2D eigenvalue weighted by molar-refractivity contribution is 5.94. The fraction of sp³-hybridized carbons (Fsp3) is 0.600. The predicted molar refractivity (Wildman–Crippen MR) is 107 cm³/mol. The molecule has 0 spiro atoms. The summed E-state index contributed by atoms with van der Waals surface area (Å²) in [6, 6.07) is 7.60. The summed E-state index contributed by atoms with van der Waals surface area (Å²) in [7, 11) is 0. The molecule has 0 radical (unpaired) electrons. The first-order chi connectivity index (χ1) is 12.5. The van der Waals surface area contributed by atoms with E-state index < -0.39 is 0 Å². The van der Waals surface area contributed by atoms with Gasteiger partial charge < -0.3 is 20.3 Å². The Morgan fingerprint density at radius 1 is 1.11 bits per heavy atom. The van der Waals surface area contributed by atoms with Gasteiger partial charge in [-0.15, -0.1) is 12.4 Å². The van der Waals surface area contributed by atoms with Crippen molar-refractivity contribution in [2.45, 2.75) is 57.7 Å². The Morgan fingerprint density at radius 3 is 2.30 bits per heavy atom. The first kappa shape index (κ1) is 21.5. The minimum absolute atomic E-state index is 0. The lowest BCUT2D eigenvalue weighted by Crippen LogP contribution is -2.49. The molecule has 3 atom stereocenters. The Hall–Kier alpha value is -1.79. The van der Waals surface area contributed by atoms with Crippen molar-refractivity contribution in [2.75, 3.05) is 19.7 Å². The van der Waals surface area contributed by atoms with Crippen molar-refractivity contribution in [3.8, 4) is 5.75 Å². The van der Waals surface area contributed by atoms with Gasteiger partial charge in [0.05, 0.1) is 0 Å². The molecule has 2 unspecified atom stereocenters. The van der Waals surface area contributed by atoms with Crippen molar-refractivity contribution in [1.82, 2.24) is 9.80 Å². The smallest absolute Gasteiger partial charge is 0.260 e. The molecule has 0 aliphatic carbocycles. The normalized spacial score (nSPS) is 25.1. The average molecular weight is 396 g/mol. The molecule has 2 heterocycles. The van der Waals surface area contributed by atoms with Gasteiger partial charge in [-0.1, -0.05) is 0 Å². The van der Waals surface area contributed by atoms with E-state index in [4.69, 9.17) is 10.5 Å². The Labute approximate surface area is 167 Å². The molecule has 6 nitrogen and oxygen atoms in total. The monoisotopic (exact) mass is 395 g/mol. The summed E-state index contributed by atoms with van der Waals surface area (Å²) in [6.07, 6.45) is 4.12. The Balaban J connectivity index is 0.00000261. The molecular weight excluding hydrogens is 366 g/mol. The van der Waals surface area contributed by atoms with E-state index in [1.54, 1.807) is 29.2 Å². The van der Waals surface area contributed by atoms with Gasteiger partial charge in [-0.25, -0.2) is 0 Å². The summed E-state index contributed by atoms with van der Waals surface area (Å²) in [5, 5.41) is 0. The molecule has 0 aromatic heterocycles. The zero-order valence-corrected chi connectivity index (χ0v) is 16.9. The number of rotatable bonds is 4. The summed E-state index contributed by atoms with van der Waals surface area (Å²) in [5.74, 6) is 0.623. The van der Waals surface area contributed by atoms with Crippen LogP contribution in [0.4, 0.5) is 0 Å². The minimum atomic E-state index is -0.00320. The fourth-order valence-corrected chi connectivity index (χ4v) is 3.98. The van der Waals surface area contributed by atoms with Gasteiger partial charge >= 0.3 is 0 Å². The molecule has 2 aliphatic heterocycles. The van der Waals surface area contributed by atoms with Crippen LogP contribution in [0.25, 0.3) is 0 Å². The van der Waals surface area contributed by atoms with Crippen LogP contribution in [0.2, 0.25) is 0 Å². The number of hydrogen-bond acceptors (Lipinski definition) is 4. The first-order valence-corrected chi connectivity index (χ1v) is 9.54. The lowest BCUT2D eigenvalue weighted by atomic mass is 9.97. The average Bonchev–Trinajstić information content (AvgIpc) is 3.06. The SMILES string of the molecule is CC1CCCC(C)N1C(=O)COc1ccc(C(=O)N2CC[C@@H](N)C2)cc1.Cl. The molecule has 2 amide bonds. The number of benzene rings is 1. The lowest BCUT2D eigenvalue weighted by molar-refractivity contribution is -0.139. The van der Waals surface area contributed by atoms with Crippen molar-refractivity contribution in [3.63, 3.8) is 0 Å². The van der Waals surface area contributed by atoms with Crippen LogP contribution in [0, 0.1) is 0 Å². The standard InChI is InChI=1S/C20H29N3O3.ClH/c1-14-4-3-5-15(2)23(14)19(24)13-26-18-8-6-16(7-9-18)20(25)22-11-10-17(21)12-22;/h6-9,14-15,17H,3-5,10-13,21H2,1-2H3;1H/t14?,15?,17-;/m1./s1. The molecule has 2 aliphatic rings. The predicted octanol–water partition coefficient (Wildman–Crippen LogP) is 2.45. The number of halogens is 1. The van der Waals surface area contributed by atoms with Crippen molar-refractivity contribution in [3.05, 3.63) is 29.8 Å². The lowest BCUT2D eigenvalue weighted by Gasteiger charge is -2.38. The van der Waals surface area contributed by atoms with Crippen LogP contribution in [-0.4, -0.2) is 59.4 Å². The van der Waals surface area contributed by atoms with Crippen molar-refractivity contribution in [2.24, 2.45) is 5.73 Å². The van der Waals surface area contributed by atoms with Crippen LogP contribution in [0.15, 0.2) is 24.3 Å². The van der Waals surface area contributed by atoms with Crippen LogP contribution in [0.3, 0.4) is 0 Å². The van der Waals surface area contributed by atoms with Crippen LogP contribution in [0.1, 0.15) is 49.9 Å². The number of nitrogens with two attached hydrogens (primary N) is 1. The van der Waals surface area contributed by atoms with Gasteiger partial charge in [0, 0.05) is 36.8 Å². The second-order valence-electron chi connectivity index (χ2n) is 7.54. The van der Waals surface area contributed by atoms with Crippen molar-refractivity contribution in [1.29, 1.82) is 0 Å². The van der Waals surface area contributed by atoms with Crippen LogP contribution < -0.4 is 10.5 Å². The summed E-state index contributed by atoms with van der Waals surface area (Å²) >= 11 is 0. The molecule has 1 aromatic rings. The highest BCUT2D eigenvalue weighted by atomic mass is 35.5. The van der Waals surface area contributed by atoms with E-state index in [0.29, 0.717) is 24.4 Å². The number of ether oxygens (including phenoxy) is 1. The van der Waals surface area contributed by atoms with E-state index in [1.165, 1.54) is 6.42 Å². The number of nitrogens with zero attached hydrogens (tertiary/aromatic N) is 2. The third-order valence-corrected chi connectivity index (χ3v) is 5.46. The molecular formula is C20H30ClN3O3. The van der Waals surface area contributed by atoms with Gasteiger partial charge in [0.1, 0.15) is 5.75 Å². The molecule has 150 valence electrons. The molecule has 2 N–H and O–H groups in total. The van der Waals surface area contributed by atoms with Gasteiger partial charge in [0.15, 0.2) is 6.61 Å². The van der Waals surface area contributed by atoms with Gasteiger partial charge in [0.2, 0.25) is 0 Å². The van der Waals surface area contributed by atoms with Gasteiger partial charge in [-0.2, -0.15) is 0 Å². The highest BCUT2D eigenvalue weighted by Crippen LogP contribution is 2.23.